The highest BCUT2D eigenvalue weighted by atomic mass is 16.3. The fourth-order valence-electron chi connectivity index (χ4n) is 2.98. The second-order valence-electron chi connectivity index (χ2n) is 5.58. The Morgan fingerprint density at radius 1 is 1.50 bits per heavy atom. The van der Waals surface area contributed by atoms with Gasteiger partial charge in [0.15, 0.2) is 5.82 Å². The van der Waals surface area contributed by atoms with Crippen LogP contribution in [0.1, 0.15) is 43.4 Å². The number of nitriles is 1. The molecule has 1 aromatic rings. The minimum absolute atomic E-state index is 0.203. The number of nitrogen functional groups attached to an aromatic ring is 1. The van der Waals surface area contributed by atoms with E-state index in [0.717, 1.165) is 44.3 Å². The van der Waals surface area contributed by atoms with E-state index in [1.807, 2.05) is 0 Å². The number of aromatic amines is 1. The van der Waals surface area contributed by atoms with Crippen molar-refractivity contribution in [1.29, 1.82) is 5.26 Å². The normalized spacial score (nSPS) is 22.9. The van der Waals surface area contributed by atoms with Crippen molar-refractivity contribution in [2.24, 2.45) is 0 Å². The topological polar surface area (TPSA) is 102 Å². The van der Waals surface area contributed by atoms with Crippen molar-refractivity contribution in [2.75, 3.05) is 19.3 Å². The molecule has 0 saturated heterocycles. The smallest absolute Gasteiger partial charge is 0.163 e. The quantitative estimate of drug-likeness (QED) is 0.746. The van der Waals surface area contributed by atoms with Gasteiger partial charge in [-0.25, -0.2) is 0 Å². The van der Waals surface area contributed by atoms with E-state index in [-0.39, 0.29) is 18.0 Å². The van der Waals surface area contributed by atoms with Crippen LogP contribution in [0.5, 0.6) is 0 Å². The zero-order chi connectivity index (χ0) is 14.5. The average Bonchev–Trinajstić information content (AvgIpc) is 2.79. The van der Waals surface area contributed by atoms with Crippen LogP contribution >= 0.6 is 0 Å². The highest BCUT2D eigenvalue weighted by molar-refractivity contribution is 5.50. The molecular formula is C14H23N5O. The average molecular weight is 277 g/mol. The van der Waals surface area contributed by atoms with Gasteiger partial charge in [0.1, 0.15) is 11.6 Å². The van der Waals surface area contributed by atoms with E-state index in [1.54, 1.807) is 0 Å². The van der Waals surface area contributed by atoms with E-state index < -0.39 is 0 Å². The summed E-state index contributed by atoms with van der Waals surface area (Å²) in [6.45, 7) is 0.894. The van der Waals surface area contributed by atoms with Crippen molar-refractivity contribution < 1.29 is 5.11 Å². The van der Waals surface area contributed by atoms with Crippen LogP contribution < -0.4 is 5.73 Å². The van der Waals surface area contributed by atoms with E-state index in [0.29, 0.717) is 5.56 Å². The number of nitrogens with zero attached hydrogens (tertiary/aromatic N) is 3. The van der Waals surface area contributed by atoms with Gasteiger partial charge in [-0.05, 0) is 39.3 Å². The molecule has 0 amide bonds. The molecule has 0 spiro atoms. The van der Waals surface area contributed by atoms with Gasteiger partial charge in [-0.15, -0.1) is 0 Å². The highest BCUT2D eigenvalue weighted by Crippen LogP contribution is 2.22. The van der Waals surface area contributed by atoms with Crippen LogP contribution in [0.2, 0.25) is 0 Å². The lowest BCUT2D eigenvalue weighted by molar-refractivity contribution is 0.0318. The summed E-state index contributed by atoms with van der Waals surface area (Å²) in [5, 5.41) is 25.7. The lowest BCUT2D eigenvalue weighted by Gasteiger charge is -2.35. The number of aliphatic hydroxyl groups excluding tert-OH is 1. The van der Waals surface area contributed by atoms with Crippen molar-refractivity contribution in [1.82, 2.24) is 15.1 Å². The number of aliphatic hydroxyl groups is 1. The summed E-state index contributed by atoms with van der Waals surface area (Å²) in [4.78, 5) is 2.23. The fourth-order valence-corrected chi connectivity index (χ4v) is 2.98. The summed E-state index contributed by atoms with van der Waals surface area (Å²) in [7, 11) is 2.06. The summed E-state index contributed by atoms with van der Waals surface area (Å²) >= 11 is 0. The van der Waals surface area contributed by atoms with E-state index in [9.17, 15) is 5.11 Å². The Labute approximate surface area is 119 Å². The molecule has 4 N–H and O–H groups in total. The molecular weight excluding hydrogens is 254 g/mol. The van der Waals surface area contributed by atoms with Crippen LogP contribution in [0.4, 0.5) is 5.82 Å². The Balaban J connectivity index is 1.82. The summed E-state index contributed by atoms with van der Waals surface area (Å²) < 4.78 is 0. The number of H-pyrrole nitrogens is 1. The molecule has 2 rings (SSSR count). The van der Waals surface area contributed by atoms with E-state index in [4.69, 9.17) is 11.0 Å². The lowest BCUT2D eigenvalue weighted by Crippen LogP contribution is -2.43. The van der Waals surface area contributed by atoms with E-state index in [2.05, 4.69) is 28.2 Å². The molecule has 0 aromatic carbocycles. The Kier molecular flexibility index (Phi) is 4.99. The third-order valence-electron chi connectivity index (χ3n) is 4.18. The van der Waals surface area contributed by atoms with Gasteiger partial charge >= 0.3 is 0 Å². The van der Waals surface area contributed by atoms with Gasteiger partial charge in [-0.1, -0.05) is 12.8 Å². The summed E-state index contributed by atoms with van der Waals surface area (Å²) in [6.07, 6.45) is 5.76. The van der Waals surface area contributed by atoms with Crippen LogP contribution in [0, 0.1) is 11.3 Å². The number of hydrogen-bond donors (Lipinski definition) is 3. The van der Waals surface area contributed by atoms with Crippen LogP contribution in [0.15, 0.2) is 0 Å². The largest absolute Gasteiger partial charge is 0.391 e. The number of aryl methyl sites for hydroxylation is 1. The molecule has 20 heavy (non-hydrogen) atoms. The van der Waals surface area contributed by atoms with Gasteiger partial charge in [-0.2, -0.15) is 10.4 Å². The standard InChI is InChI=1S/C14H23N5O/c1-19(12-6-2-3-7-13(12)20)8-4-5-11-10(9-15)14(16)18-17-11/h12-13,20H,2-8H2,1H3,(H3,16,17,18). The van der Waals surface area contributed by atoms with Crippen molar-refractivity contribution >= 4 is 5.82 Å². The molecule has 0 radical (unpaired) electrons. The van der Waals surface area contributed by atoms with E-state index >= 15 is 0 Å². The molecule has 1 aromatic heterocycles. The number of likely N-dealkylation sites (N-methyl/N-ethyl adjacent to an activating group) is 1. The first kappa shape index (κ1) is 14.8. The first-order chi connectivity index (χ1) is 9.63. The Bertz CT molecular complexity index is 478. The minimum atomic E-state index is -0.203. The molecule has 1 aliphatic rings. The first-order valence-corrected chi connectivity index (χ1v) is 7.24. The summed E-state index contributed by atoms with van der Waals surface area (Å²) in [5.74, 6) is 0.276. The molecule has 0 bridgehead atoms. The second-order valence-corrected chi connectivity index (χ2v) is 5.58. The number of hydrogen-bond acceptors (Lipinski definition) is 5. The van der Waals surface area contributed by atoms with Crippen molar-refractivity contribution in [3.8, 4) is 6.07 Å². The SMILES string of the molecule is CN(CCCc1[nH]nc(N)c1C#N)C1CCCCC1O. The zero-order valence-electron chi connectivity index (χ0n) is 12.0. The number of aromatic nitrogens is 2. The fraction of sp³-hybridized carbons (Fsp3) is 0.714. The van der Waals surface area contributed by atoms with Crippen LogP contribution in [-0.2, 0) is 6.42 Å². The molecule has 1 aliphatic carbocycles. The van der Waals surface area contributed by atoms with Gasteiger partial charge in [0.2, 0.25) is 0 Å². The number of nitrogens with two attached hydrogens (primary N) is 1. The molecule has 6 nitrogen and oxygen atoms in total. The van der Waals surface area contributed by atoms with Crippen LogP contribution in [0.3, 0.4) is 0 Å². The number of anilines is 1. The first-order valence-electron chi connectivity index (χ1n) is 7.24. The zero-order valence-corrected chi connectivity index (χ0v) is 12.0. The number of nitrogens with one attached hydrogen (secondary N) is 1. The molecule has 1 fully saturated rings. The summed E-state index contributed by atoms with van der Waals surface area (Å²) in [6, 6.07) is 2.35. The Morgan fingerprint density at radius 2 is 2.25 bits per heavy atom. The van der Waals surface area contributed by atoms with Crippen LogP contribution in [-0.4, -0.2) is 45.9 Å². The van der Waals surface area contributed by atoms with Crippen LogP contribution in [0.25, 0.3) is 0 Å². The molecule has 1 saturated carbocycles. The maximum Gasteiger partial charge on any atom is 0.163 e. The maximum atomic E-state index is 10.0. The number of rotatable bonds is 5. The third-order valence-corrected chi connectivity index (χ3v) is 4.18. The van der Waals surface area contributed by atoms with Gasteiger partial charge in [0, 0.05) is 6.04 Å². The molecule has 2 atom stereocenters. The molecule has 2 unspecified atom stereocenters. The monoisotopic (exact) mass is 277 g/mol. The molecule has 0 aliphatic heterocycles. The van der Waals surface area contributed by atoms with Crippen molar-refractivity contribution in [2.45, 2.75) is 50.7 Å². The maximum absolute atomic E-state index is 10.0. The van der Waals surface area contributed by atoms with Gasteiger partial charge in [-0.3, -0.25) is 5.10 Å². The second kappa shape index (κ2) is 6.73. The predicted molar refractivity (Wildman–Crippen MR) is 76.9 cm³/mol. The van der Waals surface area contributed by atoms with Crippen molar-refractivity contribution in [3.05, 3.63) is 11.3 Å². The molecule has 1 heterocycles. The lowest BCUT2D eigenvalue weighted by atomic mass is 9.91. The van der Waals surface area contributed by atoms with Crippen molar-refractivity contribution in [3.63, 3.8) is 0 Å². The molecule has 6 heteroatoms. The highest BCUT2D eigenvalue weighted by Gasteiger charge is 2.26. The Morgan fingerprint density at radius 3 is 2.95 bits per heavy atom. The predicted octanol–water partition coefficient (Wildman–Crippen LogP) is 1.03. The van der Waals surface area contributed by atoms with Gasteiger partial charge in [0.25, 0.3) is 0 Å². The van der Waals surface area contributed by atoms with E-state index in [1.165, 1.54) is 6.42 Å². The molecule has 110 valence electrons. The Hall–Kier alpha value is -1.58. The summed E-state index contributed by atoms with van der Waals surface area (Å²) in [5.41, 5.74) is 6.88. The van der Waals surface area contributed by atoms with Gasteiger partial charge < -0.3 is 15.7 Å². The van der Waals surface area contributed by atoms with Gasteiger partial charge in [0.05, 0.1) is 11.8 Å². The minimum Gasteiger partial charge on any atom is -0.391 e. The third kappa shape index (κ3) is 3.30.